The molecule has 0 saturated carbocycles. The Balaban J connectivity index is 1.81. The molecule has 1 saturated heterocycles. The average Bonchev–Trinajstić information content (AvgIpc) is 2.95. The van der Waals surface area contributed by atoms with E-state index in [0.29, 0.717) is 22.4 Å². The van der Waals surface area contributed by atoms with E-state index in [1.54, 1.807) is 19.2 Å². The molecule has 2 aromatic rings. The van der Waals surface area contributed by atoms with Crippen molar-refractivity contribution in [3.8, 4) is 5.75 Å². The van der Waals surface area contributed by atoms with E-state index in [9.17, 15) is 9.59 Å². The van der Waals surface area contributed by atoms with Crippen molar-refractivity contribution in [2.75, 3.05) is 13.7 Å². The molecule has 6 nitrogen and oxygen atoms in total. The number of likely N-dealkylation sites (N-methyl/N-ethyl adjacent to an activating group) is 1. The Hall–Kier alpha value is -3.06. The van der Waals surface area contributed by atoms with Crippen molar-refractivity contribution in [1.82, 2.24) is 4.90 Å². The highest BCUT2D eigenvalue weighted by Crippen LogP contribution is 2.33. The van der Waals surface area contributed by atoms with Crippen molar-refractivity contribution in [1.29, 1.82) is 0 Å². The fourth-order valence-corrected chi connectivity index (χ4v) is 3.49. The number of carbonyl (C=O) groups excluding carboxylic acids is 1. The molecular weight excluding hydrogens is 376 g/mol. The summed E-state index contributed by atoms with van der Waals surface area (Å²) in [6.45, 7) is 2.69. The smallest absolute Gasteiger partial charge is 0.335 e. The van der Waals surface area contributed by atoms with E-state index in [-0.39, 0.29) is 11.5 Å². The zero-order valence-corrected chi connectivity index (χ0v) is 16.4. The number of nitrogens with zero attached hydrogens (tertiary/aromatic N) is 2. The molecule has 1 heterocycles. The normalized spacial score (nSPS) is 16.8. The number of benzene rings is 2. The predicted molar refractivity (Wildman–Crippen MR) is 111 cm³/mol. The summed E-state index contributed by atoms with van der Waals surface area (Å²) < 4.78 is 5.64. The second-order valence-corrected chi connectivity index (χ2v) is 7.15. The number of carbonyl (C=O) groups is 2. The number of hydrogen-bond donors (Lipinski definition) is 1. The Bertz CT molecular complexity index is 951. The summed E-state index contributed by atoms with van der Waals surface area (Å²) in [5, 5.41) is 9.51. The fraction of sp³-hybridized carbons (Fsp3) is 0.190. The summed E-state index contributed by atoms with van der Waals surface area (Å²) in [7, 11) is 1.67. The predicted octanol–water partition coefficient (Wildman–Crippen LogP) is 4.41. The number of thioether (sulfide) groups is 1. The number of aliphatic imine (C=N–C) groups is 1. The van der Waals surface area contributed by atoms with Crippen molar-refractivity contribution in [2.24, 2.45) is 4.99 Å². The van der Waals surface area contributed by atoms with Gasteiger partial charge in [0.05, 0.1) is 22.8 Å². The summed E-state index contributed by atoms with van der Waals surface area (Å²) >= 11 is 1.28. The molecule has 0 aromatic heterocycles. The van der Waals surface area contributed by atoms with Crippen LogP contribution in [0, 0.1) is 0 Å². The van der Waals surface area contributed by atoms with Crippen molar-refractivity contribution >= 4 is 40.6 Å². The molecule has 1 aliphatic rings. The molecule has 1 N–H and O–H groups in total. The van der Waals surface area contributed by atoms with Gasteiger partial charge in [-0.25, -0.2) is 9.79 Å². The minimum absolute atomic E-state index is 0.134. The number of aromatic carboxylic acids is 1. The molecule has 0 atom stereocenters. The van der Waals surface area contributed by atoms with Crippen molar-refractivity contribution < 1.29 is 19.4 Å². The van der Waals surface area contributed by atoms with Gasteiger partial charge in [0, 0.05) is 7.05 Å². The molecule has 28 heavy (non-hydrogen) atoms. The summed E-state index contributed by atoms with van der Waals surface area (Å²) in [4.78, 5) is 30.0. The highest BCUT2D eigenvalue weighted by Gasteiger charge is 2.30. The lowest BCUT2D eigenvalue weighted by atomic mass is 10.2. The molecule has 3 rings (SSSR count). The van der Waals surface area contributed by atoms with Crippen LogP contribution in [0.1, 0.15) is 29.3 Å². The second-order valence-electron chi connectivity index (χ2n) is 6.14. The lowest BCUT2D eigenvalue weighted by Crippen LogP contribution is -2.23. The molecule has 0 radical (unpaired) electrons. The van der Waals surface area contributed by atoms with Gasteiger partial charge in [-0.05, 0) is 66.2 Å². The Morgan fingerprint density at radius 2 is 2.00 bits per heavy atom. The van der Waals surface area contributed by atoms with E-state index >= 15 is 0 Å². The number of carboxylic acids is 1. The van der Waals surface area contributed by atoms with Gasteiger partial charge in [-0.15, -0.1) is 0 Å². The number of amidine groups is 1. The second kappa shape index (κ2) is 8.75. The van der Waals surface area contributed by atoms with Crippen LogP contribution in [-0.2, 0) is 4.79 Å². The minimum Gasteiger partial charge on any atom is -0.494 e. The average molecular weight is 396 g/mol. The number of hydrogen-bond acceptors (Lipinski definition) is 5. The fourth-order valence-electron chi connectivity index (χ4n) is 2.51. The van der Waals surface area contributed by atoms with E-state index in [2.05, 4.69) is 4.99 Å². The van der Waals surface area contributed by atoms with Gasteiger partial charge in [-0.3, -0.25) is 9.69 Å². The van der Waals surface area contributed by atoms with Gasteiger partial charge in [0.1, 0.15) is 5.75 Å². The molecule has 7 heteroatoms. The molecule has 2 aromatic carbocycles. The van der Waals surface area contributed by atoms with Crippen LogP contribution in [0.5, 0.6) is 5.75 Å². The van der Waals surface area contributed by atoms with Crippen LogP contribution in [0.25, 0.3) is 6.08 Å². The maximum atomic E-state index is 12.6. The van der Waals surface area contributed by atoms with Gasteiger partial charge in [0.25, 0.3) is 5.91 Å². The van der Waals surface area contributed by atoms with Crippen molar-refractivity contribution in [3.63, 3.8) is 0 Å². The summed E-state index contributed by atoms with van der Waals surface area (Å²) in [5.74, 6) is -0.352. The summed E-state index contributed by atoms with van der Waals surface area (Å²) in [5.41, 5.74) is 1.66. The van der Waals surface area contributed by atoms with Gasteiger partial charge in [0.15, 0.2) is 5.17 Å². The van der Waals surface area contributed by atoms with E-state index in [1.807, 2.05) is 37.3 Å². The van der Waals surface area contributed by atoms with Gasteiger partial charge in [-0.1, -0.05) is 19.1 Å². The monoisotopic (exact) mass is 396 g/mol. The van der Waals surface area contributed by atoms with Gasteiger partial charge in [0.2, 0.25) is 0 Å². The zero-order chi connectivity index (χ0) is 20.1. The quantitative estimate of drug-likeness (QED) is 0.732. The highest BCUT2D eigenvalue weighted by molar-refractivity contribution is 8.18. The minimum atomic E-state index is -0.989. The Morgan fingerprint density at radius 1 is 1.25 bits per heavy atom. The maximum Gasteiger partial charge on any atom is 0.335 e. The maximum absolute atomic E-state index is 12.6. The summed E-state index contributed by atoms with van der Waals surface area (Å²) in [6, 6.07) is 13.8. The van der Waals surface area contributed by atoms with Crippen LogP contribution in [0.3, 0.4) is 0 Å². The third-order valence-electron chi connectivity index (χ3n) is 3.97. The van der Waals surface area contributed by atoms with Gasteiger partial charge < -0.3 is 9.84 Å². The van der Waals surface area contributed by atoms with Crippen LogP contribution in [0.4, 0.5) is 5.69 Å². The lowest BCUT2D eigenvalue weighted by Gasteiger charge is -2.07. The number of ether oxygens (including phenoxy) is 1. The summed E-state index contributed by atoms with van der Waals surface area (Å²) in [6.07, 6.45) is 2.75. The van der Waals surface area contributed by atoms with Crippen LogP contribution in [0.15, 0.2) is 58.4 Å². The molecule has 1 fully saturated rings. The number of amides is 1. The molecule has 0 spiro atoms. The van der Waals surface area contributed by atoms with E-state index < -0.39 is 5.97 Å². The van der Waals surface area contributed by atoms with Crippen molar-refractivity contribution in [3.05, 3.63) is 64.6 Å². The van der Waals surface area contributed by atoms with Crippen LogP contribution < -0.4 is 4.74 Å². The van der Waals surface area contributed by atoms with Gasteiger partial charge >= 0.3 is 5.97 Å². The van der Waals surface area contributed by atoms with Crippen LogP contribution in [-0.4, -0.2) is 40.7 Å². The van der Waals surface area contributed by atoms with Crippen LogP contribution in [0.2, 0.25) is 0 Å². The first-order chi connectivity index (χ1) is 13.5. The molecule has 0 aliphatic carbocycles. The number of carboxylic acid groups (broad SMARTS) is 1. The van der Waals surface area contributed by atoms with E-state index in [0.717, 1.165) is 17.7 Å². The Morgan fingerprint density at radius 3 is 2.68 bits per heavy atom. The molecule has 1 amide bonds. The Kier molecular flexibility index (Phi) is 6.16. The first-order valence-electron chi connectivity index (χ1n) is 8.80. The molecule has 0 bridgehead atoms. The Labute approximate surface area is 167 Å². The largest absolute Gasteiger partial charge is 0.494 e. The number of rotatable bonds is 6. The topological polar surface area (TPSA) is 79.2 Å². The highest BCUT2D eigenvalue weighted by atomic mass is 32.2. The molecular formula is C21H20N2O4S. The third kappa shape index (κ3) is 4.61. The lowest BCUT2D eigenvalue weighted by molar-refractivity contribution is -0.121. The van der Waals surface area contributed by atoms with E-state index in [4.69, 9.17) is 9.84 Å². The van der Waals surface area contributed by atoms with Gasteiger partial charge in [-0.2, -0.15) is 0 Å². The molecule has 1 aliphatic heterocycles. The zero-order valence-electron chi connectivity index (χ0n) is 15.6. The SMILES string of the molecule is CCCOc1cccc(/C=C2/SC(=Nc3ccc(C(=O)O)cc3)N(C)C2=O)c1. The standard InChI is InChI=1S/C21H20N2O4S/c1-3-11-27-17-6-4-5-14(12-17)13-18-19(24)23(2)21(28-18)22-16-9-7-15(8-10-16)20(25)26/h4-10,12-13H,3,11H2,1-2H3,(H,25,26)/b18-13+,22-21?. The van der Waals surface area contributed by atoms with E-state index in [1.165, 1.54) is 28.8 Å². The first-order valence-corrected chi connectivity index (χ1v) is 9.62. The van der Waals surface area contributed by atoms with Crippen LogP contribution >= 0.6 is 11.8 Å². The first kappa shape index (κ1) is 19.7. The molecule has 144 valence electrons. The third-order valence-corrected chi connectivity index (χ3v) is 5.03. The molecule has 0 unspecified atom stereocenters. The van der Waals surface area contributed by atoms with Crippen molar-refractivity contribution in [2.45, 2.75) is 13.3 Å².